The number of carbonyl (C=O) groups is 3. The number of hydroxylamine groups is 2. The van der Waals surface area contributed by atoms with Gasteiger partial charge in [-0.1, -0.05) is 32.1 Å². The van der Waals surface area contributed by atoms with Crippen molar-refractivity contribution in [1.29, 1.82) is 0 Å². The van der Waals surface area contributed by atoms with Crippen molar-refractivity contribution in [1.82, 2.24) is 25.4 Å². The summed E-state index contributed by atoms with van der Waals surface area (Å²) in [6.45, 7) is 14.5. The smallest absolute Gasteiger partial charge is 0.492 e. The van der Waals surface area contributed by atoms with Crippen LogP contribution in [0, 0.1) is 12.8 Å². The summed E-state index contributed by atoms with van der Waals surface area (Å²) in [6, 6.07) is 8.47. The van der Waals surface area contributed by atoms with Crippen LogP contribution >= 0.6 is 0 Å². The molecule has 0 saturated carbocycles. The minimum atomic E-state index is -3.64. The van der Waals surface area contributed by atoms with Crippen molar-refractivity contribution >= 4 is 39.4 Å². The lowest BCUT2D eigenvalue weighted by Gasteiger charge is -2.31. The molecule has 0 atom stereocenters. The maximum absolute atomic E-state index is 13.6. The van der Waals surface area contributed by atoms with Gasteiger partial charge in [0.25, 0.3) is 11.8 Å². The number of anilines is 2. The lowest BCUT2D eigenvalue weighted by atomic mass is 9.86. The number of hydrogen-bond acceptors (Lipinski definition) is 11. The zero-order valence-corrected chi connectivity index (χ0v) is 30.9. The SMILES string of the molecule is COc1c(NC(=O)c2ccc(C)c(-n3cc(C(=O)NCC4CCN(OC(=O)OC(C)(C)C)CC4)nn3)c2)cc(C(C)(C)C)cc1NS(C)(=O)=O. The van der Waals surface area contributed by atoms with Gasteiger partial charge in [-0.2, -0.15) is 0 Å². The standard InChI is InChI=1S/C34H47N7O8S/c1-21-10-11-23(30(42)36-25-17-24(33(2,3)4)18-26(29(25)47-8)38-50(9,45)46)16-28(21)41-20-27(37-39-41)31(43)35-19-22-12-14-40(15-13-22)49-32(44)48-34(5,6)7/h10-11,16-18,20,22,38H,12-15,19H2,1-9H3,(H,35,43)(H,36,42). The monoisotopic (exact) mass is 713 g/mol. The lowest BCUT2D eigenvalue weighted by Crippen LogP contribution is -2.40. The molecule has 272 valence electrons. The summed E-state index contributed by atoms with van der Waals surface area (Å²) in [5.41, 5.74) is 1.97. The molecule has 16 heteroatoms. The van der Waals surface area contributed by atoms with E-state index in [0.29, 0.717) is 43.9 Å². The first-order valence-corrected chi connectivity index (χ1v) is 18.1. The number of rotatable bonds is 10. The van der Waals surface area contributed by atoms with Gasteiger partial charge in [-0.3, -0.25) is 14.3 Å². The Kier molecular flexibility index (Phi) is 11.5. The fourth-order valence-electron chi connectivity index (χ4n) is 5.23. The van der Waals surface area contributed by atoms with Crippen molar-refractivity contribution in [2.45, 2.75) is 72.3 Å². The molecule has 1 aliphatic rings. The number of aryl methyl sites for hydroxylation is 1. The minimum Gasteiger partial charge on any atom is -0.492 e. The number of benzene rings is 2. The van der Waals surface area contributed by atoms with Crippen molar-refractivity contribution in [3.05, 3.63) is 58.9 Å². The molecule has 2 heterocycles. The summed E-state index contributed by atoms with van der Waals surface area (Å²) in [5.74, 6) is -0.511. The minimum absolute atomic E-state index is 0.111. The van der Waals surface area contributed by atoms with Crippen molar-refractivity contribution in [3.63, 3.8) is 0 Å². The van der Waals surface area contributed by atoms with Crippen LogP contribution in [0.1, 0.15) is 86.4 Å². The lowest BCUT2D eigenvalue weighted by molar-refractivity contribution is -0.155. The number of piperidine rings is 1. The molecule has 0 radical (unpaired) electrons. The zero-order valence-electron chi connectivity index (χ0n) is 30.0. The van der Waals surface area contributed by atoms with E-state index in [1.54, 1.807) is 56.2 Å². The molecule has 1 fully saturated rings. The molecular formula is C34H47N7O8S. The summed E-state index contributed by atoms with van der Waals surface area (Å²) in [7, 11) is -2.25. The molecule has 0 bridgehead atoms. The normalized spacial score (nSPS) is 14.5. The average molecular weight is 714 g/mol. The molecule has 1 saturated heterocycles. The zero-order chi connectivity index (χ0) is 37.0. The van der Waals surface area contributed by atoms with Crippen LogP contribution in [0.5, 0.6) is 5.75 Å². The highest BCUT2D eigenvalue weighted by molar-refractivity contribution is 7.92. The van der Waals surface area contributed by atoms with Crippen molar-refractivity contribution in [2.24, 2.45) is 5.92 Å². The van der Waals surface area contributed by atoms with Gasteiger partial charge in [-0.15, -0.1) is 10.2 Å². The molecule has 15 nitrogen and oxygen atoms in total. The van der Waals surface area contributed by atoms with Crippen LogP contribution in [0.3, 0.4) is 0 Å². The number of nitrogens with zero attached hydrogens (tertiary/aromatic N) is 4. The van der Waals surface area contributed by atoms with Gasteiger partial charge < -0.3 is 24.9 Å². The van der Waals surface area contributed by atoms with Gasteiger partial charge in [0.15, 0.2) is 11.4 Å². The van der Waals surface area contributed by atoms with E-state index in [0.717, 1.165) is 17.4 Å². The molecule has 50 heavy (non-hydrogen) atoms. The van der Waals surface area contributed by atoms with E-state index in [1.807, 2.05) is 27.7 Å². The fourth-order valence-corrected chi connectivity index (χ4v) is 5.79. The first-order chi connectivity index (χ1) is 23.2. The van der Waals surface area contributed by atoms with E-state index in [4.69, 9.17) is 14.3 Å². The Labute approximate surface area is 293 Å². The quantitative estimate of drug-likeness (QED) is 0.245. The largest absolute Gasteiger partial charge is 0.528 e. The maximum Gasteiger partial charge on any atom is 0.528 e. The Morgan fingerprint density at radius 1 is 0.980 bits per heavy atom. The van der Waals surface area contributed by atoms with Crippen LogP contribution < -0.4 is 20.1 Å². The highest BCUT2D eigenvalue weighted by atomic mass is 32.2. The molecule has 3 N–H and O–H groups in total. The van der Waals surface area contributed by atoms with Crippen LogP contribution in [-0.2, 0) is 25.0 Å². The molecule has 2 aromatic carbocycles. The summed E-state index contributed by atoms with van der Waals surface area (Å²) >= 11 is 0. The molecular weight excluding hydrogens is 666 g/mol. The van der Waals surface area contributed by atoms with Gasteiger partial charge >= 0.3 is 6.16 Å². The van der Waals surface area contributed by atoms with Crippen LogP contribution in [0.15, 0.2) is 36.5 Å². The van der Waals surface area contributed by atoms with Crippen molar-refractivity contribution < 1.29 is 37.1 Å². The third-order valence-electron chi connectivity index (χ3n) is 7.86. The third kappa shape index (κ3) is 10.4. The Hall–Kier alpha value is -4.70. The Bertz CT molecular complexity index is 1840. The van der Waals surface area contributed by atoms with Gasteiger partial charge in [-0.05, 0) is 87.3 Å². The molecule has 1 aromatic heterocycles. The predicted molar refractivity (Wildman–Crippen MR) is 188 cm³/mol. The molecule has 4 rings (SSSR count). The fraction of sp³-hybridized carbons (Fsp3) is 0.500. The van der Waals surface area contributed by atoms with Crippen molar-refractivity contribution in [2.75, 3.05) is 43.0 Å². The number of hydrogen-bond donors (Lipinski definition) is 3. The molecule has 0 unspecified atom stereocenters. The predicted octanol–water partition coefficient (Wildman–Crippen LogP) is 4.81. The van der Waals surface area contributed by atoms with Crippen LogP contribution in [0.25, 0.3) is 5.69 Å². The van der Waals surface area contributed by atoms with Gasteiger partial charge in [0, 0.05) is 25.2 Å². The van der Waals surface area contributed by atoms with E-state index in [-0.39, 0.29) is 39.9 Å². The third-order valence-corrected chi connectivity index (χ3v) is 8.46. The van der Waals surface area contributed by atoms with E-state index in [9.17, 15) is 22.8 Å². The number of nitrogens with one attached hydrogen (secondary N) is 3. The van der Waals surface area contributed by atoms with E-state index >= 15 is 0 Å². The first-order valence-electron chi connectivity index (χ1n) is 16.2. The summed E-state index contributed by atoms with van der Waals surface area (Å²) < 4.78 is 38.8. The van der Waals surface area contributed by atoms with Gasteiger partial charge in [0.1, 0.15) is 5.60 Å². The van der Waals surface area contributed by atoms with Crippen molar-refractivity contribution in [3.8, 4) is 11.4 Å². The van der Waals surface area contributed by atoms with Gasteiger partial charge in [0.05, 0.1) is 36.6 Å². The van der Waals surface area contributed by atoms with E-state index in [1.165, 1.54) is 18.0 Å². The molecule has 0 aliphatic carbocycles. The Balaban J connectivity index is 1.43. The van der Waals surface area contributed by atoms with E-state index in [2.05, 4.69) is 25.7 Å². The second kappa shape index (κ2) is 15.0. The number of aromatic nitrogens is 3. The van der Waals surface area contributed by atoms with Crippen LogP contribution in [-0.4, -0.2) is 85.0 Å². The number of ether oxygens (including phenoxy) is 2. The summed E-state index contributed by atoms with van der Waals surface area (Å²) in [6.07, 6.45) is 3.23. The Morgan fingerprint density at radius 3 is 2.24 bits per heavy atom. The molecule has 0 spiro atoms. The Morgan fingerprint density at radius 2 is 1.64 bits per heavy atom. The number of amides is 2. The number of sulfonamides is 1. The second-order valence-corrected chi connectivity index (χ2v) is 16.1. The summed E-state index contributed by atoms with van der Waals surface area (Å²) in [5, 5.41) is 15.5. The first kappa shape index (κ1) is 38.1. The number of carbonyl (C=O) groups excluding carboxylic acids is 3. The van der Waals surface area contributed by atoms with Gasteiger partial charge in [-0.25, -0.2) is 17.9 Å². The molecule has 2 amide bonds. The highest BCUT2D eigenvalue weighted by Crippen LogP contribution is 2.39. The second-order valence-electron chi connectivity index (χ2n) is 14.4. The number of methoxy groups -OCH3 is 1. The topological polar surface area (TPSA) is 183 Å². The summed E-state index contributed by atoms with van der Waals surface area (Å²) in [4.78, 5) is 43.8. The van der Waals surface area contributed by atoms with Crippen LogP contribution in [0.4, 0.5) is 16.2 Å². The molecule has 3 aromatic rings. The van der Waals surface area contributed by atoms with E-state index < -0.39 is 27.7 Å². The molecule has 1 aliphatic heterocycles. The maximum atomic E-state index is 13.6. The highest BCUT2D eigenvalue weighted by Gasteiger charge is 2.26. The van der Waals surface area contributed by atoms with Crippen LogP contribution in [0.2, 0.25) is 0 Å². The van der Waals surface area contributed by atoms with Gasteiger partial charge in [0.2, 0.25) is 10.0 Å². The average Bonchev–Trinajstić information content (AvgIpc) is 3.49.